The number of rotatable bonds is 3. The van der Waals surface area contributed by atoms with Gasteiger partial charge in [0, 0.05) is 0 Å². The molecule has 0 aliphatic heterocycles. The van der Waals surface area contributed by atoms with E-state index < -0.39 is 0 Å². The van der Waals surface area contributed by atoms with Crippen molar-refractivity contribution >= 4 is 5.69 Å². The van der Waals surface area contributed by atoms with Crippen molar-refractivity contribution < 1.29 is 0 Å². The fourth-order valence-electron chi connectivity index (χ4n) is 1.57. The molecule has 0 atom stereocenters. The molecule has 0 bridgehead atoms. The highest BCUT2D eigenvalue weighted by molar-refractivity contribution is 5.41. The van der Waals surface area contributed by atoms with Crippen LogP contribution in [0.5, 0.6) is 0 Å². The molecule has 1 aromatic carbocycles. The molecule has 0 saturated heterocycles. The summed E-state index contributed by atoms with van der Waals surface area (Å²) in [4.78, 5) is 0. The van der Waals surface area contributed by atoms with Gasteiger partial charge in [0.15, 0.2) is 0 Å². The fourth-order valence-corrected chi connectivity index (χ4v) is 1.57. The van der Waals surface area contributed by atoms with E-state index in [2.05, 4.69) is 10.9 Å². The highest BCUT2D eigenvalue weighted by atomic mass is 15.4. The third-order valence-corrected chi connectivity index (χ3v) is 2.57. The summed E-state index contributed by atoms with van der Waals surface area (Å²) in [7, 11) is 0. The molecular weight excluding hydrogens is 244 g/mol. The Morgan fingerprint density at radius 1 is 0.550 bits per heavy atom. The van der Waals surface area contributed by atoms with Crippen LogP contribution >= 0.6 is 0 Å². The van der Waals surface area contributed by atoms with E-state index >= 15 is 0 Å². The van der Waals surface area contributed by atoms with E-state index in [4.69, 9.17) is 0 Å². The van der Waals surface area contributed by atoms with E-state index in [0.29, 0.717) is 0 Å². The van der Waals surface area contributed by atoms with Crippen LogP contribution in [0.2, 0.25) is 0 Å². The molecule has 2 rings (SSSR count). The lowest BCUT2D eigenvalue weighted by Gasteiger charge is -2.09. The Bertz CT molecular complexity index is 569. The Morgan fingerprint density at radius 2 is 1.15 bits per heavy atom. The SMILES string of the molecule is C1=C/C=C\C(NNc2ccccccccc2)=C/C=C1. The first-order valence-electron chi connectivity index (χ1n) is 6.57. The summed E-state index contributed by atoms with van der Waals surface area (Å²) in [6, 6.07) is 18.0. The highest BCUT2D eigenvalue weighted by Crippen LogP contribution is 2.03. The molecule has 0 unspecified atom stereocenters. The summed E-state index contributed by atoms with van der Waals surface area (Å²) >= 11 is 0. The zero-order chi connectivity index (χ0) is 13.9. The van der Waals surface area contributed by atoms with E-state index in [9.17, 15) is 0 Å². The molecule has 1 aromatic rings. The largest absolute Gasteiger partial charge is 0.301 e. The Balaban J connectivity index is 2.07. The molecule has 2 N–H and O–H groups in total. The van der Waals surface area contributed by atoms with Crippen molar-refractivity contribution in [3.63, 3.8) is 0 Å². The van der Waals surface area contributed by atoms with Gasteiger partial charge in [0.2, 0.25) is 0 Å². The second kappa shape index (κ2) is 8.38. The van der Waals surface area contributed by atoms with E-state index in [0.717, 1.165) is 11.4 Å². The van der Waals surface area contributed by atoms with Crippen LogP contribution in [-0.4, -0.2) is 0 Å². The van der Waals surface area contributed by atoms with Crippen molar-refractivity contribution in [2.45, 2.75) is 0 Å². The van der Waals surface area contributed by atoms with Crippen LogP contribution in [-0.2, 0) is 0 Å². The molecular formula is C18H18N2. The van der Waals surface area contributed by atoms with Crippen molar-refractivity contribution in [3.05, 3.63) is 103 Å². The van der Waals surface area contributed by atoms with Gasteiger partial charge in [-0.1, -0.05) is 72.8 Å². The van der Waals surface area contributed by atoms with Gasteiger partial charge in [0.05, 0.1) is 11.4 Å². The van der Waals surface area contributed by atoms with Crippen molar-refractivity contribution in [1.82, 2.24) is 5.43 Å². The molecule has 0 radical (unpaired) electrons. The quantitative estimate of drug-likeness (QED) is 0.794. The Labute approximate surface area is 120 Å². The number of hydrogen-bond acceptors (Lipinski definition) is 2. The molecule has 0 amide bonds. The summed E-state index contributed by atoms with van der Waals surface area (Å²) in [5.41, 5.74) is 8.36. The van der Waals surface area contributed by atoms with Gasteiger partial charge in [0.25, 0.3) is 0 Å². The lowest BCUT2D eigenvalue weighted by Crippen LogP contribution is -2.19. The predicted octanol–water partition coefficient (Wildman–Crippen LogP) is 4.29. The van der Waals surface area contributed by atoms with Crippen LogP contribution in [0.15, 0.2) is 103 Å². The van der Waals surface area contributed by atoms with E-state index in [-0.39, 0.29) is 0 Å². The summed E-state index contributed by atoms with van der Waals surface area (Å²) in [5, 5.41) is 0. The summed E-state index contributed by atoms with van der Waals surface area (Å²) < 4.78 is 0. The van der Waals surface area contributed by atoms with Gasteiger partial charge >= 0.3 is 0 Å². The monoisotopic (exact) mass is 262 g/mol. The van der Waals surface area contributed by atoms with E-state index in [1.165, 1.54) is 0 Å². The van der Waals surface area contributed by atoms with Crippen LogP contribution in [0.4, 0.5) is 5.69 Å². The molecule has 1 aliphatic rings. The lowest BCUT2D eigenvalue weighted by atomic mass is 10.3. The minimum atomic E-state index is 0.983. The number of hydrogen-bond donors (Lipinski definition) is 2. The van der Waals surface area contributed by atoms with Gasteiger partial charge < -0.3 is 10.9 Å². The second-order valence-corrected chi connectivity index (χ2v) is 4.14. The van der Waals surface area contributed by atoms with E-state index in [1.807, 2.05) is 97.1 Å². The van der Waals surface area contributed by atoms with Crippen molar-refractivity contribution in [3.8, 4) is 0 Å². The number of nitrogens with one attached hydrogen (secondary N) is 2. The average molecular weight is 262 g/mol. The molecule has 2 heteroatoms. The van der Waals surface area contributed by atoms with E-state index in [1.54, 1.807) is 0 Å². The predicted molar refractivity (Wildman–Crippen MR) is 86.3 cm³/mol. The van der Waals surface area contributed by atoms with Crippen LogP contribution in [0.25, 0.3) is 0 Å². The van der Waals surface area contributed by atoms with Gasteiger partial charge in [-0.25, -0.2) is 0 Å². The zero-order valence-electron chi connectivity index (χ0n) is 11.2. The topological polar surface area (TPSA) is 24.1 Å². The third-order valence-electron chi connectivity index (χ3n) is 2.57. The van der Waals surface area contributed by atoms with Crippen LogP contribution in [0.1, 0.15) is 0 Å². The Hall–Kier alpha value is -2.74. The molecule has 100 valence electrons. The molecule has 0 heterocycles. The molecule has 2 nitrogen and oxygen atoms in total. The lowest BCUT2D eigenvalue weighted by molar-refractivity contribution is 0.998. The van der Waals surface area contributed by atoms with Crippen molar-refractivity contribution in [1.29, 1.82) is 0 Å². The van der Waals surface area contributed by atoms with Gasteiger partial charge in [0.1, 0.15) is 0 Å². The number of anilines is 1. The molecule has 1 aliphatic carbocycles. The van der Waals surface area contributed by atoms with Crippen molar-refractivity contribution in [2.75, 3.05) is 5.43 Å². The molecule has 0 spiro atoms. The first-order chi connectivity index (χ1) is 9.95. The van der Waals surface area contributed by atoms with Crippen LogP contribution < -0.4 is 10.9 Å². The number of hydrazine groups is 1. The summed E-state index contributed by atoms with van der Waals surface area (Å²) in [6.07, 6.45) is 14.0. The minimum absolute atomic E-state index is 0.983. The molecule has 0 aromatic heterocycles. The van der Waals surface area contributed by atoms with Gasteiger partial charge in [-0.05, 0) is 24.3 Å². The van der Waals surface area contributed by atoms with Crippen LogP contribution in [0.3, 0.4) is 0 Å². The smallest absolute Gasteiger partial charge is 0.0539 e. The third kappa shape index (κ3) is 5.27. The van der Waals surface area contributed by atoms with Crippen molar-refractivity contribution in [2.24, 2.45) is 0 Å². The number of allylic oxidation sites excluding steroid dienone is 7. The van der Waals surface area contributed by atoms with Gasteiger partial charge in [-0.2, -0.15) is 0 Å². The summed E-state index contributed by atoms with van der Waals surface area (Å²) in [6.45, 7) is 0. The molecule has 20 heavy (non-hydrogen) atoms. The Morgan fingerprint density at radius 3 is 1.90 bits per heavy atom. The second-order valence-electron chi connectivity index (χ2n) is 4.14. The Kier molecular flexibility index (Phi) is 5.73. The van der Waals surface area contributed by atoms with Gasteiger partial charge in [-0.3, -0.25) is 0 Å². The summed E-state index contributed by atoms with van der Waals surface area (Å²) in [5.74, 6) is 0. The maximum atomic E-state index is 3.19. The fraction of sp³-hybridized carbons (Fsp3) is 0. The van der Waals surface area contributed by atoms with Gasteiger partial charge in [-0.15, -0.1) is 0 Å². The minimum Gasteiger partial charge on any atom is -0.301 e. The maximum Gasteiger partial charge on any atom is 0.0539 e. The first-order valence-corrected chi connectivity index (χ1v) is 6.57. The molecule has 0 saturated carbocycles. The van der Waals surface area contributed by atoms with Crippen LogP contribution in [0, 0.1) is 0 Å². The zero-order valence-corrected chi connectivity index (χ0v) is 11.2. The molecule has 0 fully saturated rings. The standard InChI is InChI=1S/C18H18N2/c1-2-5-9-13-17(14-10-6-3-1)19-20-18-15-11-7-4-8-12-16-18/h1-16,19-20H/b2-1?,3-1?,5-2?,6-3?,7-4?,8-4?,9-5?,10-6?,11-7?,12-8?,13-9?,14-10?,15-11-,16-12?,17-13?,17-14?,18-15?,18-16+. The first kappa shape index (κ1) is 13.7. The maximum absolute atomic E-state index is 3.19. The highest BCUT2D eigenvalue weighted by Gasteiger charge is 1.90. The average Bonchev–Trinajstić information content (AvgIpc) is 2.44. The normalized spacial score (nSPS) is 16.9.